The molecular formula is C12H13Br2NO3. The molecule has 0 atom stereocenters. The van der Waals surface area contributed by atoms with Crippen molar-refractivity contribution in [2.45, 2.75) is 19.4 Å². The first-order valence-electron chi connectivity index (χ1n) is 5.14. The third-order valence-corrected chi connectivity index (χ3v) is 4.01. The minimum Gasteiger partial charge on any atom is -0.480 e. The van der Waals surface area contributed by atoms with Crippen molar-refractivity contribution in [3.63, 3.8) is 0 Å². The number of halogens is 2. The average Bonchev–Trinajstić information content (AvgIpc) is 2.30. The van der Waals surface area contributed by atoms with Crippen LogP contribution in [0, 0.1) is 0 Å². The molecule has 1 aromatic carbocycles. The van der Waals surface area contributed by atoms with Gasteiger partial charge in [-0.05, 0) is 48.0 Å². The summed E-state index contributed by atoms with van der Waals surface area (Å²) in [5.41, 5.74) is -0.847. The molecule has 18 heavy (non-hydrogen) atoms. The topological polar surface area (TPSA) is 57.6 Å². The van der Waals surface area contributed by atoms with Crippen LogP contribution < -0.4 is 0 Å². The van der Waals surface area contributed by atoms with Gasteiger partial charge in [0, 0.05) is 16.0 Å². The summed E-state index contributed by atoms with van der Waals surface area (Å²) in [6, 6.07) is 5.18. The van der Waals surface area contributed by atoms with E-state index < -0.39 is 11.5 Å². The Balaban J connectivity index is 3.15. The van der Waals surface area contributed by atoms with E-state index in [1.54, 1.807) is 18.2 Å². The lowest BCUT2D eigenvalue weighted by atomic mass is 10.0. The number of hydrogen-bond acceptors (Lipinski definition) is 2. The molecule has 0 bridgehead atoms. The van der Waals surface area contributed by atoms with Crippen molar-refractivity contribution < 1.29 is 14.7 Å². The highest BCUT2D eigenvalue weighted by atomic mass is 79.9. The number of hydrogen-bond donors (Lipinski definition) is 1. The van der Waals surface area contributed by atoms with E-state index in [0.29, 0.717) is 10.0 Å². The van der Waals surface area contributed by atoms with E-state index in [1.807, 2.05) is 0 Å². The van der Waals surface area contributed by atoms with Gasteiger partial charge in [-0.25, -0.2) is 4.79 Å². The summed E-state index contributed by atoms with van der Waals surface area (Å²) >= 11 is 6.57. The fourth-order valence-corrected chi connectivity index (χ4v) is 2.02. The van der Waals surface area contributed by atoms with Crippen molar-refractivity contribution in [3.05, 3.63) is 32.7 Å². The first-order valence-corrected chi connectivity index (χ1v) is 6.73. The maximum absolute atomic E-state index is 12.3. The van der Waals surface area contributed by atoms with Crippen LogP contribution in [0.25, 0.3) is 0 Å². The molecule has 0 saturated carbocycles. The lowest BCUT2D eigenvalue weighted by Crippen LogP contribution is -2.50. The van der Waals surface area contributed by atoms with Gasteiger partial charge >= 0.3 is 5.97 Å². The van der Waals surface area contributed by atoms with Crippen molar-refractivity contribution in [2.75, 3.05) is 7.05 Å². The number of carbonyl (C=O) groups excluding carboxylic acids is 1. The summed E-state index contributed by atoms with van der Waals surface area (Å²) in [7, 11) is 1.48. The van der Waals surface area contributed by atoms with Crippen LogP contribution in [0.2, 0.25) is 0 Å². The van der Waals surface area contributed by atoms with E-state index in [9.17, 15) is 9.59 Å². The van der Waals surface area contributed by atoms with Crippen LogP contribution in [0.4, 0.5) is 0 Å². The van der Waals surface area contributed by atoms with Crippen molar-refractivity contribution in [1.29, 1.82) is 0 Å². The number of carboxylic acids is 1. The molecule has 4 nitrogen and oxygen atoms in total. The van der Waals surface area contributed by atoms with Gasteiger partial charge in [0.1, 0.15) is 5.54 Å². The Morgan fingerprint density at radius 1 is 1.28 bits per heavy atom. The minimum absolute atomic E-state index is 0.351. The quantitative estimate of drug-likeness (QED) is 0.878. The van der Waals surface area contributed by atoms with Gasteiger partial charge < -0.3 is 10.0 Å². The second-order valence-corrected chi connectivity index (χ2v) is 6.12. The first-order chi connectivity index (χ1) is 8.17. The van der Waals surface area contributed by atoms with Crippen molar-refractivity contribution >= 4 is 43.7 Å². The average molecular weight is 379 g/mol. The van der Waals surface area contributed by atoms with E-state index in [0.717, 1.165) is 4.47 Å². The van der Waals surface area contributed by atoms with E-state index in [2.05, 4.69) is 31.9 Å². The van der Waals surface area contributed by atoms with Crippen molar-refractivity contribution in [1.82, 2.24) is 4.90 Å². The van der Waals surface area contributed by atoms with Crippen LogP contribution in [0.5, 0.6) is 0 Å². The van der Waals surface area contributed by atoms with Gasteiger partial charge in [0.15, 0.2) is 0 Å². The normalized spacial score (nSPS) is 11.2. The molecule has 98 valence electrons. The van der Waals surface area contributed by atoms with Crippen molar-refractivity contribution in [2.24, 2.45) is 0 Å². The number of nitrogens with zero attached hydrogens (tertiary/aromatic N) is 1. The highest BCUT2D eigenvalue weighted by molar-refractivity contribution is 9.11. The molecular weight excluding hydrogens is 366 g/mol. The Morgan fingerprint density at radius 2 is 1.83 bits per heavy atom. The summed E-state index contributed by atoms with van der Waals surface area (Å²) in [5, 5.41) is 9.12. The minimum atomic E-state index is -1.27. The zero-order valence-electron chi connectivity index (χ0n) is 10.2. The zero-order chi connectivity index (χ0) is 14.1. The van der Waals surface area contributed by atoms with Crippen LogP contribution in [0.1, 0.15) is 24.2 Å². The van der Waals surface area contributed by atoms with Gasteiger partial charge in [-0.15, -0.1) is 0 Å². The Kier molecular flexibility index (Phi) is 4.55. The largest absolute Gasteiger partial charge is 0.480 e. The van der Waals surface area contributed by atoms with E-state index in [4.69, 9.17) is 5.11 Å². The molecule has 0 saturated heterocycles. The Morgan fingerprint density at radius 3 is 2.33 bits per heavy atom. The van der Waals surface area contributed by atoms with Crippen LogP contribution in [0.3, 0.4) is 0 Å². The molecule has 0 aliphatic heterocycles. The fourth-order valence-electron chi connectivity index (χ4n) is 1.24. The van der Waals surface area contributed by atoms with Gasteiger partial charge in [0.25, 0.3) is 5.91 Å². The highest BCUT2D eigenvalue weighted by Crippen LogP contribution is 2.25. The molecule has 1 N–H and O–H groups in total. The molecule has 0 fully saturated rings. The van der Waals surface area contributed by atoms with Gasteiger partial charge in [0.2, 0.25) is 0 Å². The monoisotopic (exact) mass is 377 g/mol. The van der Waals surface area contributed by atoms with Crippen molar-refractivity contribution in [3.8, 4) is 0 Å². The standard InChI is InChI=1S/C12H13Br2NO3/c1-12(2,11(17)18)15(3)10(16)8-6-7(13)4-5-9(8)14/h4-6H,1-3H3,(H,17,18). The number of amides is 1. The molecule has 1 amide bonds. The number of carbonyl (C=O) groups is 2. The second kappa shape index (κ2) is 5.40. The third kappa shape index (κ3) is 2.92. The molecule has 1 aromatic rings. The van der Waals surface area contributed by atoms with Crippen LogP contribution >= 0.6 is 31.9 Å². The number of likely N-dealkylation sites (N-methyl/N-ethyl adjacent to an activating group) is 1. The first kappa shape index (κ1) is 15.2. The van der Waals surface area contributed by atoms with E-state index >= 15 is 0 Å². The molecule has 6 heteroatoms. The Labute approximate surface area is 122 Å². The predicted octanol–water partition coefficient (Wildman–Crippen LogP) is 3.15. The maximum Gasteiger partial charge on any atom is 0.329 e. The summed E-state index contributed by atoms with van der Waals surface area (Å²) in [6.45, 7) is 2.97. The SMILES string of the molecule is CN(C(=O)c1cc(Br)ccc1Br)C(C)(C)C(=O)O. The summed E-state index contributed by atoms with van der Waals surface area (Å²) in [6.07, 6.45) is 0. The predicted molar refractivity (Wildman–Crippen MR) is 75.7 cm³/mol. The second-order valence-electron chi connectivity index (χ2n) is 4.35. The fraction of sp³-hybridized carbons (Fsp3) is 0.333. The number of carboxylic acid groups (broad SMARTS) is 1. The van der Waals surface area contributed by atoms with E-state index in [-0.39, 0.29) is 5.91 Å². The molecule has 0 aliphatic rings. The summed E-state index contributed by atoms with van der Waals surface area (Å²) in [5.74, 6) is -1.40. The van der Waals surface area contributed by atoms with Gasteiger partial charge in [0.05, 0.1) is 5.56 Å². The zero-order valence-corrected chi connectivity index (χ0v) is 13.4. The highest BCUT2D eigenvalue weighted by Gasteiger charge is 2.36. The third-order valence-electron chi connectivity index (χ3n) is 2.83. The molecule has 0 unspecified atom stereocenters. The lowest BCUT2D eigenvalue weighted by Gasteiger charge is -2.31. The van der Waals surface area contributed by atoms with E-state index in [1.165, 1.54) is 25.8 Å². The number of aliphatic carboxylic acids is 1. The van der Waals surface area contributed by atoms with Gasteiger partial charge in [-0.2, -0.15) is 0 Å². The molecule has 0 aliphatic carbocycles. The Bertz CT molecular complexity index is 500. The summed E-state index contributed by atoms with van der Waals surface area (Å²) in [4.78, 5) is 24.6. The Hall–Kier alpha value is -0.880. The number of benzene rings is 1. The smallest absolute Gasteiger partial charge is 0.329 e. The molecule has 0 radical (unpaired) electrons. The van der Waals surface area contributed by atoms with Crippen LogP contribution in [-0.4, -0.2) is 34.5 Å². The lowest BCUT2D eigenvalue weighted by molar-refractivity contribution is -0.147. The van der Waals surface area contributed by atoms with Gasteiger partial charge in [-0.1, -0.05) is 15.9 Å². The summed E-state index contributed by atoms with van der Waals surface area (Å²) < 4.78 is 1.39. The molecule has 1 rings (SSSR count). The molecule has 0 heterocycles. The van der Waals surface area contributed by atoms with Crippen LogP contribution in [0.15, 0.2) is 27.1 Å². The molecule has 0 spiro atoms. The molecule has 0 aromatic heterocycles. The van der Waals surface area contributed by atoms with Crippen LogP contribution in [-0.2, 0) is 4.79 Å². The maximum atomic E-state index is 12.3. The van der Waals surface area contributed by atoms with Gasteiger partial charge in [-0.3, -0.25) is 4.79 Å². The number of rotatable bonds is 3.